The van der Waals surface area contributed by atoms with E-state index in [0.717, 1.165) is 0 Å². The summed E-state index contributed by atoms with van der Waals surface area (Å²) in [6.07, 6.45) is 0. The third-order valence-corrected chi connectivity index (χ3v) is 0. The molecule has 0 aliphatic heterocycles. The summed E-state index contributed by atoms with van der Waals surface area (Å²) in [6, 6.07) is 0. The van der Waals surface area contributed by atoms with Crippen molar-refractivity contribution in [3.63, 3.8) is 0 Å². The first-order valence-electron chi connectivity index (χ1n) is 0.548. The summed E-state index contributed by atoms with van der Waals surface area (Å²) in [4.78, 5) is 8.25. The van der Waals surface area contributed by atoms with Gasteiger partial charge in [-0.1, -0.05) is 0 Å². The second-order valence-electron chi connectivity index (χ2n) is 0.224. The minimum atomic E-state index is -1.75. The van der Waals surface area contributed by atoms with Crippen LogP contribution in [0.5, 0.6) is 0 Å². The average Bonchev–Trinajstić information content (AvgIpc) is 0.811. The third kappa shape index (κ3) is 90.4. The van der Waals surface area contributed by atoms with Gasteiger partial charge in [-0.3, -0.25) is 0 Å². The molecule has 0 aromatic heterocycles. The summed E-state index contributed by atoms with van der Waals surface area (Å²) in [6.45, 7) is 0. The molecule has 0 rings (SSSR count). The molecule has 0 radical (unpaired) electrons. The molecule has 0 N–H and O–H groups in total. The molecule has 0 fully saturated rings. The van der Waals surface area contributed by atoms with Gasteiger partial charge < -0.3 is 40.1 Å². The molecule has 0 aliphatic rings. The predicted molar refractivity (Wildman–Crippen MR) is 10.4 cm³/mol. The molecule has 0 unspecified atom stereocenters. The summed E-state index contributed by atoms with van der Waals surface area (Å²) in [5, 5.41) is 14.8. The van der Waals surface area contributed by atoms with E-state index >= 15 is 0 Å². The van der Waals surface area contributed by atoms with Gasteiger partial charge in [-0.15, -0.1) is 0 Å². The van der Waals surface area contributed by atoms with Gasteiger partial charge in [0, 0.05) is 0 Å². The van der Waals surface area contributed by atoms with Gasteiger partial charge in [-0.25, -0.2) is 0 Å². The Hall–Kier alpha value is 2.14. The van der Waals surface area contributed by atoms with E-state index in [4.69, 9.17) is 15.3 Å². The molecule has 0 amide bonds. The van der Waals surface area contributed by atoms with Gasteiger partial charge in [0.25, 0.3) is 0 Å². The monoisotopic (exact) mass is 296 g/mol. The van der Waals surface area contributed by atoms with Crippen LogP contribution in [0.3, 0.4) is 0 Å². The van der Waals surface area contributed by atoms with E-state index < -0.39 is 5.09 Å². The Kier molecular flexibility index (Phi) is 91.8. The summed E-state index contributed by atoms with van der Waals surface area (Å²) < 4.78 is 0. The van der Waals surface area contributed by atoms with E-state index in [2.05, 4.69) is 0 Å². The number of hydrogen-bond acceptors (Lipinski definition) is 3. The normalized spacial score (nSPS) is 3.00. The fourth-order valence-corrected chi connectivity index (χ4v) is 0. The molecule has 0 saturated heterocycles. The smallest absolute Gasteiger partial charge is 1.00 e. The largest absolute Gasteiger partial charge is 3.00 e. The third-order valence-electron chi connectivity index (χ3n) is 0. The van der Waals surface area contributed by atoms with Crippen molar-refractivity contribution in [1.29, 1.82) is 0 Å². The van der Waals surface area contributed by atoms with Crippen molar-refractivity contribution < 1.29 is 101 Å². The van der Waals surface area contributed by atoms with Crippen molar-refractivity contribution in [3.8, 4) is 0 Å². The Morgan fingerprint density at radius 2 is 1.12 bits per heavy atom. The first kappa shape index (κ1) is 32.1. The average molecular weight is 297 g/mol. The maximum absolute atomic E-state index is 8.25. The van der Waals surface area contributed by atoms with Crippen molar-refractivity contribution >= 4 is 0 Å². The summed E-state index contributed by atoms with van der Waals surface area (Å²) in [5.41, 5.74) is 0. The number of halogens is 2. The fourth-order valence-electron chi connectivity index (χ4n) is 0. The topological polar surface area (TPSA) is 66.2 Å². The first-order chi connectivity index (χ1) is 1.73. The maximum Gasteiger partial charge on any atom is 3.00 e. The van der Waals surface area contributed by atoms with E-state index in [9.17, 15) is 0 Å². The van der Waals surface area contributed by atoms with Gasteiger partial charge in [0.05, 0.1) is 5.09 Å². The minimum absolute atomic E-state index is 0. The molecule has 0 aliphatic carbocycles. The molecule has 8 heteroatoms. The van der Waals surface area contributed by atoms with Crippen molar-refractivity contribution in [2.24, 2.45) is 0 Å². The molecular weight excluding hydrogens is 297 g/mol. The zero-order valence-electron chi connectivity index (χ0n) is 4.01. The molecular formula is Cl2NNaO3Pr+. The van der Waals surface area contributed by atoms with Gasteiger partial charge in [-0.05, 0) is 0 Å². The van der Waals surface area contributed by atoms with E-state index in [1.54, 1.807) is 0 Å². The van der Waals surface area contributed by atoms with Gasteiger partial charge in [-0.2, -0.15) is 0 Å². The number of rotatable bonds is 0. The Labute approximate surface area is 114 Å². The Balaban J connectivity index is -0.00000000750. The first-order valence-corrected chi connectivity index (χ1v) is 0.548. The van der Waals surface area contributed by atoms with Gasteiger partial charge in [0.15, 0.2) is 0 Å². The van der Waals surface area contributed by atoms with Crippen LogP contribution in [0.25, 0.3) is 0 Å². The summed E-state index contributed by atoms with van der Waals surface area (Å²) in [7, 11) is 0. The van der Waals surface area contributed by atoms with E-state index in [1.165, 1.54) is 0 Å². The van der Waals surface area contributed by atoms with Gasteiger partial charge in [0.1, 0.15) is 0 Å². The molecule has 0 atom stereocenters. The van der Waals surface area contributed by atoms with Crippen LogP contribution in [0, 0.1) is 56.6 Å². The molecule has 0 heterocycles. The summed E-state index contributed by atoms with van der Waals surface area (Å²) >= 11 is 0. The summed E-state index contributed by atoms with van der Waals surface area (Å²) in [5.74, 6) is 0. The van der Waals surface area contributed by atoms with Gasteiger partial charge >= 0.3 is 70.8 Å². The van der Waals surface area contributed by atoms with Crippen LogP contribution < -0.4 is 54.4 Å². The second kappa shape index (κ2) is 22.9. The van der Waals surface area contributed by atoms with Crippen LogP contribution in [-0.4, -0.2) is 5.09 Å². The standard InChI is InChI=1S/2ClH.NO3.Na.Pr/c;;2-1(3)4;;/h2*1H;;;/q;;-1;+1;+3/p-2. The van der Waals surface area contributed by atoms with Crippen molar-refractivity contribution in [3.05, 3.63) is 15.3 Å². The van der Waals surface area contributed by atoms with Crippen LogP contribution >= 0.6 is 0 Å². The maximum atomic E-state index is 8.25. The van der Waals surface area contributed by atoms with Crippen LogP contribution in [0.2, 0.25) is 0 Å². The molecule has 40 valence electrons. The Bertz CT molecular complexity index is 40.3. The minimum Gasteiger partial charge on any atom is -1.00 e. The van der Waals surface area contributed by atoms with Crippen molar-refractivity contribution in [2.45, 2.75) is 0 Å². The molecule has 0 bridgehead atoms. The van der Waals surface area contributed by atoms with E-state index in [-0.39, 0.29) is 95.7 Å². The number of hydrogen-bond donors (Lipinski definition) is 0. The zero-order valence-corrected chi connectivity index (χ0v) is 11.2. The van der Waals surface area contributed by atoms with Crippen molar-refractivity contribution in [1.82, 2.24) is 0 Å². The number of nitrogens with zero attached hydrogens (tertiary/aromatic N) is 1. The predicted octanol–water partition coefficient (Wildman–Crippen LogP) is -9.23. The molecule has 0 aromatic rings. The van der Waals surface area contributed by atoms with E-state index in [1.807, 2.05) is 0 Å². The van der Waals surface area contributed by atoms with E-state index in [0.29, 0.717) is 0 Å². The molecule has 0 saturated carbocycles. The van der Waals surface area contributed by atoms with Gasteiger partial charge in [0.2, 0.25) is 0 Å². The molecule has 0 aromatic carbocycles. The molecule has 4 nitrogen and oxygen atoms in total. The van der Waals surface area contributed by atoms with Crippen LogP contribution in [0.1, 0.15) is 0 Å². The fraction of sp³-hybridized carbons (Fsp3) is 0. The zero-order chi connectivity index (χ0) is 3.58. The Morgan fingerprint density at radius 3 is 1.12 bits per heavy atom. The second-order valence-corrected chi connectivity index (χ2v) is 0.224. The van der Waals surface area contributed by atoms with Crippen molar-refractivity contribution in [2.75, 3.05) is 0 Å². The molecule has 8 heavy (non-hydrogen) atoms. The van der Waals surface area contributed by atoms with Crippen LogP contribution in [0.15, 0.2) is 0 Å². The van der Waals surface area contributed by atoms with Crippen LogP contribution in [-0.2, 0) is 0 Å². The molecule has 0 spiro atoms. The van der Waals surface area contributed by atoms with Crippen LogP contribution in [0.4, 0.5) is 0 Å². The quantitative estimate of drug-likeness (QED) is 0.253. The SMILES string of the molecule is O=[N+]([O-])[O-].[Cl-].[Cl-].[Na+].[Pr+3]. The Morgan fingerprint density at radius 1 is 1.12 bits per heavy atom.